The second-order valence-electron chi connectivity index (χ2n) is 5.56. The van der Waals surface area contributed by atoms with E-state index >= 15 is 0 Å². The van der Waals surface area contributed by atoms with E-state index in [1.807, 2.05) is 31.2 Å². The predicted molar refractivity (Wildman–Crippen MR) is 115 cm³/mol. The molecule has 2 aromatic rings. The van der Waals surface area contributed by atoms with E-state index in [2.05, 4.69) is 16.0 Å². The second kappa shape index (κ2) is 9.46. The van der Waals surface area contributed by atoms with Crippen molar-refractivity contribution >= 4 is 63.7 Å². The number of benzene rings is 2. The molecule has 0 aliphatic heterocycles. The van der Waals surface area contributed by atoms with Gasteiger partial charge in [-0.05, 0) is 42.9 Å². The number of alkyl halides is 3. The molecule has 2 rings (SSSR count). The van der Waals surface area contributed by atoms with Crippen LogP contribution in [0, 0.1) is 6.92 Å². The largest absolute Gasteiger partial charge is 0.495 e. The van der Waals surface area contributed by atoms with Crippen molar-refractivity contribution < 1.29 is 9.53 Å². The smallest absolute Gasteiger partial charge is 0.253 e. The molecule has 3 N–H and O–H groups in total. The number of halogens is 3. The summed E-state index contributed by atoms with van der Waals surface area (Å²) in [4.78, 5) is 12.6. The SMILES string of the molecule is COc1ccccc1NC(=S)N[C@@H](NC(=O)c1ccccc1C)C(Cl)(Cl)Cl. The van der Waals surface area contributed by atoms with E-state index in [4.69, 9.17) is 51.8 Å². The Kier molecular flexibility index (Phi) is 7.56. The number of carbonyl (C=O) groups excluding carboxylic acids is 1. The van der Waals surface area contributed by atoms with E-state index in [0.29, 0.717) is 17.0 Å². The molecule has 0 aromatic heterocycles. The lowest BCUT2D eigenvalue weighted by molar-refractivity contribution is 0.0934. The molecule has 0 radical (unpaired) electrons. The average molecular weight is 447 g/mol. The Bertz CT molecular complexity index is 827. The zero-order valence-corrected chi connectivity index (χ0v) is 17.6. The highest BCUT2D eigenvalue weighted by Crippen LogP contribution is 2.30. The van der Waals surface area contributed by atoms with Gasteiger partial charge < -0.3 is 20.7 Å². The maximum absolute atomic E-state index is 12.6. The summed E-state index contributed by atoms with van der Waals surface area (Å²) in [5.41, 5.74) is 1.90. The van der Waals surface area contributed by atoms with Gasteiger partial charge in [-0.15, -0.1) is 0 Å². The molecule has 5 nitrogen and oxygen atoms in total. The maximum Gasteiger partial charge on any atom is 0.253 e. The Labute approximate surface area is 178 Å². The number of amides is 1. The quantitative estimate of drug-likeness (QED) is 0.361. The highest BCUT2D eigenvalue weighted by atomic mass is 35.6. The zero-order valence-electron chi connectivity index (χ0n) is 14.6. The molecule has 0 saturated heterocycles. The van der Waals surface area contributed by atoms with E-state index in [1.165, 1.54) is 0 Å². The van der Waals surface area contributed by atoms with Gasteiger partial charge in [0.1, 0.15) is 11.9 Å². The number of para-hydroxylation sites is 2. The number of carbonyl (C=O) groups is 1. The molecule has 0 heterocycles. The fourth-order valence-corrected chi connectivity index (χ4v) is 2.83. The van der Waals surface area contributed by atoms with Crippen LogP contribution in [0.5, 0.6) is 5.75 Å². The topological polar surface area (TPSA) is 62.4 Å². The molecule has 0 bridgehead atoms. The highest BCUT2D eigenvalue weighted by Gasteiger charge is 2.35. The summed E-state index contributed by atoms with van der Waals surface area (Å²) in [6, 6.07) is 14.3. The number of aryl methyl sites for hydroxylation is 1. The molecular formula is C18H18Cl3N3O2S. The van der Waals surface area contributed by atoms with Crippen molar-refractivity contribution in [3.8, 4) is 5.75 Å². The molecule has 9 heteroatoms. The number of anilines is 1. The molecule has 0 spiro atoms. The fraction of sp³-hybridized carbons (Fsp3) is 0.222. The van der Waals surface area contributed by atoms with Gasteiger partial charge in [0.15, 0.2) is 5.11 Å². The summed E-state index contributed by atoms with van der Waals surface area (Å²) in [7, 11) is 1.55. The summed E-state index contributed by atoms with van der Waals surface area (Å²) < 4.78 is 3.41. The Balaban J connectivity index is 2.12. The maximum atomic E-state index is 12.6. The van der Waals surface area contributed by atoms with Gasteiger partial charge in [0, 0.05) is 5.56 Å². The monoisotopic (exact) mass is 445 g/mol. The van der Waals surface area contributed by atoms with Crippen molar-refractivity contribution in [1.29, 1.82) is 0 Å². The van der Waals surface area contributed by atoms with Gasteiger partial charge in [-0.2, -0.15) is 0 Å². The zero-order chi connectivity index (χ0) is 20.0. The van der Waals surface area contributed by atoms with Crippen LogP contribution in [0.3, 0.4) is 0 Å². The average Bonchev–Trinajstić information content (AvgIpc) is 2.61. The van der Waals surface area contributed by atoms with Crippen LogP contribution >= 0.6 is 47.0 Å². The number of nitrogens with one attached hydrogen (secondary N) is 3. The van der Waals surface area contributed by atoms with Crippen molar-refractivity contribution in [1.82, 2.24) is 10.6 Å². The Morgan fingerprint density at radius 3 is 2.33 bits per heavy atom. The third-order valence-corrected chi connectivity index (χ3v) is 4.50. The van der Waals surface area contributed by atoms with Crippen LogP contribution in [0.1, 0.15) is 15.9 Å². The minimum absolute atomic E-state index is 0.154. The Morgan fingerprint density at radius 2 is 1.70 bits per heavy atom. The summed E-state index contributed by atoms with van der Waals surface area (Å²) in [5, 5.41) is 8.58. The number of hydrogen-bond donors (Lipinski definition) is 3. The molecule has 0 aliphatic rings. The first-order chi connectivity index (χ1) is 12.7. The first-order valence-corrected chi connectivity index (χ1v) is 9.40. The molecule has 0 fully saturated rings. The van der Waals surface area contributed by atoms with E-state index in [1.54, 1.807) is 31.4 Å². The molecule has 0 unspecified atom stereocenters. The number of thiocarbonyl (C=S) groups is 1. The van der Waals surface area contributed by atoms with E-state index in [0.717, 1.165) is 5.56 Å². The predicted octanol–water partition coefficient (Wildman–Crippen LogP) is 4.42. The van der Waals surface area contributed by atoms with E-state index in [-0.39, 0.29) is 5.11 Å². The van der Waals surface area contributed by atoms with Gasteiger partial charge in [0.05, 0.1) is 12.8 Å². The second-order valence-corrected chi connectivity index (χ2v) is 8.34. The molecule has 1 atom stereocenters. The van der Waals surface area contributed by atoms with Gasteiger partial charge in [-0.3, -0.25) is 4.79 Å². The summed E-state index contributed by atoms with van der Waals surface area (Å²) in [5.74, 6) is 0.202. The first kappa shape index (κ1) is 21.6. The minimum atomic E-state index is -1.84. The van der Waals surface area contributed by atoms with Crippen molar-refractivity contribution in [2.75, 3.05) is 12.4 Å². The van der Waals surface area contributed by atoms with E-state index < -0.39 is 15.9 Å². The fourth-order valence-electron chi connectivity index (χ4n) is 2.27. The van der Waals surface area contributed by atoms with Crippen LogP contribution < -0.4 is 20.7 Å². The van der Waals surface area contributed by atoms with Gasteiger partial charge in [0.2, 0.25) is 3.79 Å². The Morgan fingerprint density at radius 1 is 1.07 bits per heavy atom. The summed E-state index contributed by atoms with van der Waals surface area (Å²) >= 11 is 23.3. The van der Waals surface area contributed by atoms with Crippen LogP contribution in [0.25, 0.3) is 0 Å². The third kappa shape index (κ3) is 6.14. The Hall–Kier alpha value is -1.73. The first-order valence-electron chi connectivity index (χ1n) is 7.86. The molecular weight excluding hydrogens is 429 g/mol. The van der Waals surface area contributed by atoms with E-state index in [9.17, 15) is 4.79 Å². The standard InChI is InChI=1S/C18H18Cl3N3O2S/c1-11-7-3-4-8-12(11)15(25)23-16(18(19,20)21)24-17(27)22-13-9-5-6-10-14(13)26-2/h3-10,16H,1-2H3,(H,23,25)(H2,22,24,27)/t16-/m1/s1. The number of hydrogen-bond acceptors (Lipinski definition) is 3. The third-order valence-electron chi connectivity index (χ3n) is 3.62. The van der Waals surface area contributed by atoms with Crippen LogP contribution in [0.15, 0.2) is 48.5 Å². The lowest BCUT2D eigenvalue weighted by Gasteiger charge is -2.28. The molecule has 27 heavy (non-hydrogen) atoms. The molecule has 144 valence electrons. The molecule has 0 aliphatic carbocycles. The molecule has 1 amide bonds. The lowest BCUT2D eigenvalue weighted by Crippen LogP contribution is -2.56. The van der Waals surface area contributed by atoms with Gasteiger partial charge in [0.25, 0.3) is 5.91 Å². The van der Waals surface area contributed by atoms with Crippen molar-refractivity contribution in [3.63, 3.8) is 0 Å². The van der Waals surface area contributed by atoms with Crippen LogP contribution in [0.4, 0.5) is 5.69 Å². The number of ether oxygens (including phenoxy) is 1. The van der Waals surface area contributed by atoms with Crippen molar-refractivity contribution in [3.05, 3.63) is 59.7 Å². The van der Waals surface area contributed by atoms with Crippen LogP contribution in [-0.4, -0.2) is 28.1 Å². The number of rotatable bonds is 5. The summed E-state index contributed by atoms with van der Waals surface area (Å²) in [6.45, 7) is 1.82. The van der Waals surface area contributed by atoms with Crippen LogP contribution in [-0.2, 0) is 0 Å². The molecule has 0 saturated carbocycles. The normalized spacial score (nSPS) is 12.0. The number of methoxy groups -OCH3 is 1. The van der Waals surface area contributed by atoms with Crippen molar-refractivity contribution in [2.45, 2.75) is 16.9 Å². The molecule has 2 aromatic carbocycles. The van der Waals surface area contributed by atoms with Crippen molar-refractivity contribution in [2.24, 2.45) is 0 Å². The van der Waals surface area contributed by atoms with Crippen LogP contribution in [0.2, 0.25) is 0 Å². The summed E-state index contributed by atoms with van der Waals surface area (Å²) in [6.07, 6.45) is -1.07. The van der Waals surface area contributed by atoms with Gasteiger partial charge >= 0.3 is 0 Å². The highest BCUT2D eigenvalue weighted by molar-refractivity contribution is 7.80. The lowest BCUT2D eigenvalue weighted by atomic mass is 10.1. The minimum Gasteiger partial charge on any atom is -0.495 e. The van der Waals surface area contributed by atoms with Gasteiger partial charge in [-0.25, -0.2) is 0 Å². The van der Waals surface area contributed by atoms with Gasteiger partial charge in [-0.1, -0.05) is 65.1 Å².